The van der Waals surface area contributed by atoms with E-state index in [1.165, 1.54) is 18.2 Å². The van der Waals surface area contributed by atoms with Gasteiger partial charge in [0.1, 0.15) is 5.75 Å². The Balaban J connectivity index is 0.00000220. The fraction of sp³-hybridized carbons (Fsp3) is 0.200. The van der Waals surface area contributed by atoms with E-state index in [0.717, 1.165) is 11.1 Å². The molecular weight excluding hydrogens is 303 g/mol. The van der Waals surface area contributed by atoms with E-state index in [2.05, 4.69) is 4.74 Å². The summed E-state index contributed by atoms with van der Waals surface area (Å²) in [6.45, 7) is 1.87. The molecule has 0 saturated heterocycles. The molecule has 114 valence electrons. The normalized spacial score (nSPS) is 12.4. The van der Waals surface area contributed by atoms with E-state index in [4.69, 9.17) is 5.73 Å². The Kier molecular flexibility index (Phi) is 5.63. The van der Waals surface area contributed by atoms with Crippen LogP contribution in [-0.2, 0) is 0 Å². The van der Waals surface area contributed by atoms with E-state index < -0.39 is 6.36 Å². The first kappa shape index (κ1) is 17.3. The van der Waals surface area contributed by atoms with E-state index >= 15 is 0 Å². The van der Waals surface area contributed by atoms with Crippen molar-refractivity contribution in [3.05, 3.63) is 54.1 Å². The molecule has 21 heavy (non-hydrogen) atoms. The second kappa shape index (κ2) is 6.83. The molecule has 0 heterocycles. The van der Waals surface area contributed by atoms with Gasteiger partial charge in [-0.2, -0.15) is 0 Å². The molecule has 0 saturated carbocycles. The van der Waals surface area contributed by atoms with Gasteiger partial charge in [-0.25, -0.2) is 0 Å². The fourth-order valence-electron chi connectivity index (χ4n) is 1.85. The van der Waals surface area contributed by atoms with Crippen LogP contribution in [0, 0.1) is 0 Å². The molecule has 2 aromatic rings. The van der Waals surface area contributed by atoms with E-state index in [0.29, 0.717) is 5.56 Å². The predicted molar refractivity (Wildman–Crippen MR) is 78.4 cm³/mol. The molecule has 2 rings (SSSR count). The lowest BCUT2D eigenvalue weighted by atomic mass is 10.0. The molecule has 0 spiro atoms. The average molecular weight is 318 g/mol. The topological polar surface area (TPSA) is 35.2 Å². The zero-order chi connectivity index (χ0) is 14.8. The molecule has 0 radical (unpaired) electrons. The van der Waals surface area contributed by atoms with Crippen LogP contribution in [0.5, 0.6) is 5.75 Å². The van der Waals surface area contributed by atoms with Crippen LogP contribution in [0.15, 0.2) is 48.5 Å². The molecule has 2 aromatic carbocycles. The molecule has 0 aromatic heterocycles. The molecule has 2 N–H and O–H groups in total. The highest BCUT2D eigenvalue weighted by molar-refractivity contribution is 5.85. The molecule has 1 unspecified atom stereocenters. The first-order valence-electron chi connectivity index (χ1n) is 6.07. The van der Waals surface area contributed by atoms with Gasteiger partial charge in [-0.05, 0) is 35.7 Å². The molecule has 0 aliphatic rings. The second-order valence-electron chi connectivity index (χ2n) is 4.49. The zero-order valence-electron chi connectivity index (χ0n) is 11.2. The lowest BCUT2D eigenvalue weighted by Gasteiger charge is -2.11. The molecule has 0 aliphatic carbocycles. The number of benzene rings is 2. The summed E-state index contributed by atoms with van der Waals surface area (Å²) in [5.74, 6) is -0.230. The maximum atomic E-state index is 12.2. The molecule has 6 heteroatoms. The molecule has 1 atom stereocenters. The lowest BCUT2D eigenvalue weighted by Crippen LogP contribution is -2.17. The van der Waals surface area contributed by atoms with Gasteiger partial charge in [0.25, 0.3) is 0 Å². The summed E-state index contributed by atoms with van der Waals surface area (Å²) < 4.78 is 40.4. The lowest BCUT2D eigenvalue weighted by molar-refractivity contribution is -0.274. The van der Waals surface area contributed by atoms with Crippen molar-refractivity contribution >= 4 is 12.4 Å². The molecule has 0 bridgehead atoms. The van der Waals surface area contributed by atoms with Crippen LogP contribution in [0.3, 0.4) is 0 Å². The standard InChI is InChI=1S/C15H14F3NO.ClH/c1-10(19)11-5-7-12(8-6-11)13-3-2-4-14(9-13)20-15(16,17)18;/h2-10H,19H2,1H3;1H. The van der Waals surface area contributed by atoms with Crippen molar-refractivity contribution < 1.29 is 17.9 Å². The first-order chi connectivity index (χ1) is 9.35. The van der Waals surface area contributed by atoms with Gasteiger partial charge >= 0.3 is 6.36 Å². The molecule has 0 fully saturated rings. The van der Waals surface area contributed by atoms with E-state index in [1.807, 2.05) is 31.2 Å². The van der Waals surface area contributed by atoms with Crippen LogP contribution in [-0.4, -0.2) is 6.36 Å². The summed E-state index contributed by atoms with van der Waals surface area (Å²) in [6, 6.07) is 13.2. The zero-order valence-corrected chi connectivity index (χ0v) is 12.0. The SMILES string of the molecule is CC(N)c1ccc(-c2cccc(OC(F)(F)F)c2)cc1.Cl. The quantitative estimate of drug-likeness (QED) is 0.891. The van der Waals surface area contributed by atoms with Crippen LogP contribution in [0.1, 0.15) is 18.5 Å². The first-order valence-corrected chi connectivity index (χ1v) is 6.07. The van der Waals surface area contributed by atoms with Gasteiger partial charge < -0.3 is 10.5 Å². The van der Waals surface area contributed by atoms with Crippen molar-refractivity contribution in [3.63, 3.8) is 0 Å². The summed E-state index contributed by atoms with van der Waals surface area (Å²) in [5, 5.41) is 0. The van der Waals surface area contributed by atoms with Gasteiger partial charge in [-0.15, -0.1) is 25.6 Å². The maximum absolute atomic E-state index is 12.2. The Labute approximate surface area is 127 Å². The minimum atomic E-state index is -4.68. The van der Waals surface area contributed by atoms with E-state index in [9.17, 15) is 13.2 Å². The summed E-state index contributed by atoms with van der Waals surface area (Å²) in [5.41, 5.74) is 8.18. The summed E-state index contributed by atoms with van der Waals surface area (Å²) in [7, 11) is 0. The maximum Gasteiger partial charge on any atom is 0.573 e. The van der Waals surface area contributed by atoms with Crippen molar-refractivity contribution in [1.82, 2.24) is 0 Å². The largest absolute Gasteiger partial charge is 0.573 e. The monoisotopic (exact) mass is 317 g/mol. The highest BCUT2D eigenvalue weighted by Gasteiger charge is 2.31. The highest BCUT2D eigenvalue weighted by Crippen LogP contribution is 2.28. The smallest absolute Gasteiger partial charge is 0.406 e. The number of rotatable bonds is 3. The third-order valence-corrected chi connectivity index (χ3v) is 2.84. The third-order valence-electron chi connectivity index (χ3n) is 2.84. The van der Waals surface area contributed by atoms with Crippen LogP contribution in [0.2, 0.25) is 0 Å². The van der Waals surface area contributed by atoms with Gasteiger partial charge in [0, 0.05) is 6.04 Å². The van der Waals surface area contributed by atoms with Crippen molar-refractivity contribution in [1.29, 1.82) is 0 Å². The van der Waals surface area contributed by atoms with Crippen molar-refractivity contribution in [2.24, 2.45) is 5.73 Å². The van der Waals surface area contributed by atoms with Gasteiger partial charge in [0.05, 0.1) is 0 Å². The highest BCUT2D eigenvalue weighted by atomic mass is 35.5. The summed E-state index contributed by atoms with van der Waals surface area (Å²) in [6.07, 6.45) is -4.68. The Morgan fingerprint density at radius 3 is 2.14 bits per heavy atom. The van der Waals surface area contributed by atoms with Gasteiger partial charge in [0.15, 0.2) is 0 Å². The van der Waals surface area contributed by atoms with Gasteiger partial charge in [-0.1, -0.05) is 36.4 Å². The number of nitrogens with two attached hydrogens (primary N) is 1. The van der Waals surface area contributed by atoms with E-state index in [1.54, 1.807) is 6.07 Å². The Bertz CT molecular complexity index is 582. The van der Waals surface area contributed by atoms with Crippen LogP contribution in [0.4, 0.5) is 13.2 Å². The van der Waals surface area contributed by atoms with Gasteiger partial charge in [-0.3, -0.25) is 0 Å². The Hall–Kier alpha value is -1.72. The average Bonchev–Trinajstić information content (AvgIpc) is 2.37. The Morgan fingerprint density at radius 1 is 1.00 bits per heavy atom. The van der Waals surface area contributed by atoms with Crippen LogP contribution in [0.25, 0.3) is 11.1 Å². The van der Waals surface area contributed by atoms with Crippen molar-refractivity contribution in [2.75, 3.05) is 0 Å². The summed E-state index contributed by atoms with van der Waals surface area (Å²) >= 11 is 0. The number of hydrogen-bond acceptors (Lipinski definition) is 2. The van der Waals surface area contributed by atoms with E-state index in [-0.39, 0.29) is 24.2 Å². The number of alkyl halides is 3. The van der Waals surface area contributed by atoms with Crippen molar-refractivity contribution in [2.45, 2.75) is 19.3 Å². The number of ether oxygens (including phenoxy) is 1. The van der Waals surface area contributed by atoms with Crippen LogP contribution >= 0.6 is 12.4 Å². The van der Waals surface area contributed by atoms with Gasteiger partial charge in [0.2, 0.25) is 0 Å². The Morgan fingerprint density at radius 2 is 1.62 bits per heavy atom. The predicted octanol–water partition coefficient (Wildman–Crippen LogP) is 4.69. The molecular formula is C15H15ClF3NO. The minimum Gasteiger partial charge on any atom is -0.406 e. The fourth-order valence-corrected chi connectivity index (χ4v) is 1.85. The van der Waals surface area contributed by atoms with Crippen LogP contribution < -0.4 is 10.5 Å². The molecule has 0 amide bonds. The minimum absolute atomic E-state index is 0. The molecule has 0 aliphatic heterocycles. The molecule has 2 nitrogen and oxygen atoms in total. The summed E-state index contributed by atoms with van der Waals surface area (Å²) in [4.78, 5) is 0. The number of hydrogen-bond donors (Lipinski definition) is 1. The van der Waals surface area contributed by atoms with Crippen molar-refractivity contribution in [3.8, 4) is 16.9 Å². The third kappa shape index (κ3) is 4.95. The number of halogens is 4. The second-order valence-corrected chi connectivity index (χ2v) is 4.49.